The Balaban J connectivity index is 1.42. The molecule has 0 fully saturated rings. The highest BCUT2D eigenvalue weighted by Crippen LogP contribution is 2.22. The molecule has 2 heterocycles. The number of hydrogen-bond donors (Lipinski definition) is 4. The van der Waals surface area contributed by atoms with Crippen LogP contribution in [0, 0.1) is 0 Å². The maximum Gasteiger partial charge on any atom is 0.323 e. The van der Waals surface area contributed by atoms with Crippen molar-refractivity contribution in [3.8, 4) is 5.69 Å². The monoisotopic (exact) mass is 465 g/mol. The summed E-state index contributed by atoms with van der Waals surface area (Å²) in [4.78, 5) is 12.3. The van der Waals surface area contributed by atoms with Crippen molar-refractivity contribution >= 4 is 34.7 Å². The minimum Gasteiger partial charge on any atom is -0.369 e. The van der Waals surface area contributed by atoms with Gasteiger partial charge < -0.3 is 21.1 Å². The Morgan fingerprint density at radius 3 is 2.55 bits per heavy atom. The molecule has 2 aromatic carbocycles. The van der Waals surface area contributed by atoms with Gasteiger partial charge in [-0.15, -0.1) is 0 Å². The van der Waals surface area contributed by atoms with E-state index in [2.05, 4.69) is 26.1 Å². The van der Waals surface area contributed by atoms with Crippen LogP contribution in [0.1, 0.15) is 31.7 Å². The van der Waals surface area contributed by atoms with Gasteiger partial charge in [-0.2, -0.15) is 10.2 Å². The highest BCUT2D eigenvalue weighted by molar-refractivity contribution is 6.33. The van der Waals surface area contributed by atoms with E-state index in [9.17, 15) is 9.90 Å². The lowest BCUT2D eigenvalue weighted by molar-refractivity contribution is 0.208. The molecule has 0 aliphatic rings. The Morgan fingerprint density at radius 2 is 1.79 bits per heavy atom. The molecule has 1 unspecified atom stereocenters. The van der Waals surface area contributed by atoms with Gasteiger partial charge in [0.15, 0.2) is 6.23 Å². The summed E-state index contributed by atoms with van der Waals surface area (Å²) in [5.74, 6) is 0. The van der Waals surface area contributed by atoms with E-state index in [0.717, 1.165) is 11.4 Å². The van der Waals surface area contributed by atoms with Crippen molar-refractivity contribution in [2.75, 3.05) is 16.0 Å². The highest BCUT2D eigenvalue weighted by Gasteiger charge is 2.12. The van der Waals surface area contributed by atoms with Crippen LogP contribution in [-0.2, 0) is 0 Å². The standard InChI is InChI=1S/C23H24ClN7O2/c1-15(2)30-13-17(11-25-30)27-22(32)16-6-5-7-19(10-16)31-14-18(12-26-31)28-23(33)29-21-9-4-3-8-20(21)24/h3-15,22,27,32H,1-2H3,(H2,28,29,33). The number of amides is 2. The van der Waals surface area contributed by atoms with Crippen LogP contribution in [0.4, 0.5) is 21.9 Å². The lowest BCUT2D eigenvalue weighted by Crippen LogP contribution is -2.19. The highest BCUT2D eigenvalue weighted by atomic mass is 35.5. The van der Waals surface area contributed by atoms with E-state index < -0.39 is 12.3 Å². The van der Waals surface area contributed by atoms with E-state index >= 15 is 0 Å². The number of carbonyl (C=O) groups is 1. The molecule has 0 aliphatic carbocycles. The van der Waals surface area contributed by atoms with Crippen LogP contribution < -0.4 is 16.0 Å². The molecule has 33 heavy (non-hydrogen) atoms. The normalized spacial score (nSPS) is 11.9. The first-order valence-corrected chi connectivity index (χ1v) is 10.7. The zero-order chi connectivity index (χ0) is 23.4. The number of aliphatic hydroxyl groups is 1. The fourth-order valence-electron chi connectivity index (χ4n) is 3.15. The van der Waals surface area contributed by atoms with Gasteiger partial charge in [-0.3, -0.25) is 4.68 Å². The molecule has 2 amide bonds. The first-order chi connectivity index (χ1) is 15.9. The molecule has 4 aromatic rings. The van der Waals surface area contributed by atoms with Crippen molar-refractivity contribution in [2.24, 2.45) is 0 Å². The topological polar surface area (TPSA) is 109 Å². The molecule has 0 saturated heterocycles. The van der Waals surface area contributed by atoms with Crippen molar-refractivity contribution in [3.63, 3.8) is 0 Å². The summed E-state index contributed by atoms with van der Waals surface area (Å²) in [6.45, 7) is 4.06. The Labute approximate surface area is 196 Å². The van der Waals surface area contributed by atoms with Crippen molar-refractivity contribution < 1.29 is 9.90 Å². The van der Waals surface area contributed by atoms with Crippen molar-refractivity contribution in [2.45, 2.75) is 26.1 Å². The number of nitrogens with one attached hydrogen (secondary N) is 3. The second kappa shape index (κ2) is 9.76. The van der Waals surface area contributed by atoms with E-state index in [0.29, 0.717) is 22.0 Å². The second-order valence-corrected chi connectivity index (χ2v) is 8.08. The van der Waals surface area contributed by atoms with Gasteiger partial charge in [0.05, 0.1) is 46.4 Å². The number of para-hydroxylation sites is 1. The number of urea groups is 1. The first-order valence-electron chi connectivity index (χ1n) is 10.4. The minimum absolute atomic E-state index is 0.232. The predicted molar refractivity (Wildman–Crippen MR) is 129 cm³/mol. The molecule has 0 bridgehead atoms. The number of aliphatic hydroxyl groups excluding tert-OH is 1. The summed E-state index contributed by atoms with van der Waals surface area (Å²) >= 11 is 6.07. The zero-order valence-corrected chi connectivity index (χ0v) is 18.9. The number of nitrogens with zero attached hydrogens (tertiary/aromatic N) is 4. The third kappa shape index (κ3) is 5.51. The number of benzene rings is 2. The van der Waals surface area contributed by atoms with E-state index in [4.69, 9.17) is 11.6 Å². The van der Waals surface area contributed by atoms with E-state index in [1.54, 1.807) is 41.3 Å². The van der Waals surface area contributed by atoms with Crippen LogP contribution >= 0.6 is 11.6 Å². The Bertz CT molecular complexity index is 1250. The van der Waals surface area contributed by atoms with Crippen molar-refractivity contribution in [1.82, 2.24) is 19.6 Å². The van der Waals surface area contributed by atoms with Gasteiger partial charge in [0.25, 0.3) is 0 Å². The van der Waals surface area contributed by atoms with Crippen molar-refractivity contribution in [1.29, 1.82) is 0 Å². The van der Waals surface area contributed by atoms with Crippen LogP contribution in [-0.4, -0.2) is 30.7 Å². The average molecular weight is 466 g/mol. The summed E-state index contributed by atoms with van der Waals surface area (Å²) < 4.78 is 3.42. The molecular weight excluding hydrogens is 442 g/mol. The number of hydrogen-bond acceptors (Lipinski definition) is 5. The molecular formula is C23H24ClN7O2. The van der Waals surface area contributed by atoms with Crippen LogP contribution in [0.15, 0.2) is 73.3 Å². The van der Waals surface area contributed by atoms with Crippen LogP contribution in [0.2, 0.25) is 5.02 Å². The Hall–Kier alpha value is -3.82. The van der Waals surface area contributed by atoms with Gasteiger partial charge in [0, 0.05) is 17.8 Å². The van der Waals surface area contributed by atoms with Gasteiger partial charge in [-0.05, 0) is 38.1 Å². The molecule has 170 valence electrons. The fourth-order valence-corrected chi connectivity index (χ4v) is 3.33. The Kier molecular flexibility index (Phi) is 6.62. The fraction of sp³-hybridized carbons (Fsp3) is 0.174. The molecule has 9 nitrogen and oxygen atoms in total. The summed E-state index contributed by atoms with van der Waals surface area (Å²) in [6, 6.07) is 14.1. The van der Waals surface area contributed by atoms with Gasteiger partial charge in [0.2, 0.25) is 0 Å². The molecule has 0 spiro atoms. The van der Waals surface area contributed by atoms with E-state index in [1.165, 1.54) is 6.20 Å². The minimum atomic E-state index is -0.927. The summed E-state index contributed by atoms with van der Waals surface area (Å²) in [6.07, 6.45) is 5.80. The zero-order valence-electron chi connectivity index (χ0n) is 18.1. The average Bonchev–Trinajstić information content (AvgIpc) is 3.45. The molecule has 0 saturated carbocycles. The first kappa shape index (κ1) is 22.4. The summed E-state index contributed by atoms with van der Waals surface area (Å²) in [5.41, 5.74) is 3.12. The van der Waals surface area contributed by atoms with Gasteiger partial charge in [-0.25, -0.2) is 9.48 Å². The Morgan fingerprint density at radius 1 is 1.00 bits per heavy atom. The molecule has 1 atom stereocenters. The van der Waals surface area contributed by atoms with E-state index in [-0.39, 0.29) is 6.04 Å². The van der Waals surface area contributed by atoms with Crippen LogP contribution in [0.3, 0.4) is 0 Å². The number of anilines is 3. The third-order valence-corrected chi connectivity index (χ3v) is 5.18. The van der Waals surface area contributed by atoms with E-state index in [1.807, 2.05) is 49.0 Å². The quantitative estimate of drug-likeness (QED) is 0.285. The number of carbonyl (C=O) groups excluding carboxylic acids is 1. The van der Waals surface area contributed by atoms with Crippen molar-refractivity contribution in [3.05, 3.63) is 83.9 Å². The molecule has 10 heteroatoms. The predicted octanol–water partition coefficient (Wildman–Crippen LogP) is 5.05. The number of halogens is 1. The third-order valence-electron chi connectivity index (χ3n) is 4.85. The molecule has 4 rings (SSSR count). The SMILES string of the molecule is CC(C)n1cc(NC(O)c2cccc(-n3cc(NC(=O)Nc4ccccc4Cl)cn3)c2)cn1. The maximum atomic E-state index is 12.3. The number of rotatable bonds is 7. The molecule has 0 radical (unpaired) electrons. The smallest absolute Gasteiger partial charge is 0.323 e. The summed E-state index contributed by atoms with van der Waals surface area (Å²) in [5, 5.41) is 28.1. The lowest BCUT2D eigenvalue weighted by atomic mass is 10.1. The largest absolute Gasteiger partial charge is 0.369 e. The summed E-state index contributed by atoms with van der Waals surface area (Å²) in [7, 11) is 0. The molecule has 0 aliphatic heterocycles. The maximum absolute atomic E-state index is 12.3. The van der Waals surface area contributed by atoms with Gasteiger partial charge in [0.1, 0.15) is 0 Å². The lowest BCUT2D eigenvalue weighted by Gasteiger charge is -2.14. The van der Waals surface area contributed by atoms with Gasteiger partial charge >= 0.3 is 6.03 Å². The van der Waals surface area contributed by atoms with Crippen LogP contribution in [0.5, 0.6) is 0 Å². The van der Waals surface area contributed by atoms with Crippen LogP contribution in [0.25, 0.3) is 5.69 Å². The second-order valence-electron chi connectivity index (χ2n) is 7.68. The molecule has 4 N–H and O–H groups in total. The molecule has 2 aromatic heterocycles. The number of aromatic nitrogens is 4. The van der Waals surface area contributed by atoms with Gasteiger partial charge in [-0.1, -0.05) is 35.9 Å².